The van der Waals surface area contributed by atoms with Crippen molar-refractivity contribution in [2.24, 2.45) is 0 Å². The van der Waals surface area contributed by atoms with Gasteiger partial charge in [-0.25, -0.2) is 0 Å². The van der Waals surface area contributed by atoms with Crippen molar-refractivity contribution in [3.8, 4) is 23.0 Å². The number of hydrogen-bond acceptors (Lipinski definition) is 5. The number of para-hydroxylation sites is 1. The lowest BCUT2D eigenvalue weighted by molar-refractivity contribution is 0.173. The van der Waals surface area contributed by atoms with E-state index in [1.54, 1.807) is 14.2 Å². The van der Waals surface area contributed by atoms with Crippen LogP contribution in [0.5, 0.6) is 23.0 Å². The fourth-order valence-electron chi connectivity index (χ4n) is 2.70. The van der Waals surface area contributed by atoms with E-state index < -0.39 is 0 Å². The van der Waals surface area contributed by atoms with Crippen LogP contribution in [0.2, 0.25) is 0 Å². The van der Waals surface area contributed by atoms with Crippen LogP contribution in [-0.2, 0) is 13.0 Å². The summed E-state index contributed by atoms with van der Waals surface area (Å²) in [4.78, 5) is 0. The molecule has 0 bridgehead atoms. The molecule has 1 aliphatic heterocycles. The number of ether oxygens (including phenoxy) is 4. The Morgan fingerprint density at radius 1 is 1.08 bits per heavy atom. The largest absolute Gasteiger partial charge is 0.496 e. The van der Waals surface area contributed by atoms with E-state index in [0.29, 0.717) is 6.79 Å². The molecule has 0 atom stereocenters. The van der Waals surface area contributed by atoms with Gasteiger partial charge in [-0.05, 0) is 59.3 Å². The zero-order valence-electron chi connectivity index (χ0n) is 13.7. The highest BCUT2D eigenvalue weighted by Gasteiger charge is 2.16. The van der Waals surface area contributed by atoms with Gasteiger partial charge in [0.2, 0.25) is 6.79 Å². The molecule has 0 saturated heterocycles. The van der Waals surface area contributed by atoms with E-state index in [2.05, 4.69) is 34.0 Å². The Kier molecular flexibility index (Phi) is 5.68. The molecule has 0 aromatic heterocycles. The van der Waals surface area contributed by atoms with Crippen LogP contribution in [0.25, 0.3) is 0 Å². The summed E-state index contributed by atoms with van der Waals surface area (Å²) in [6, 6.07) is 10.0. The van der Waals surface area contributed by atoms with E-state index in [9.17, 15) is 0 Å². The zero-order chi connectivity index (χ0) is 16.9. The number of rotatable bonds is 7. The lowest BCUT2D eigenvalue weighted by Crippen LogP contribution is -2.17. The van der Waals surface area contributed by atoms with Crippen LogP contribution < -0.4 is 24.3 Å². The van der Waals surface area contributed by atoms with E-state index >= 15 is 0 Å². The minimum absolute atomic E-state index is 0.298. The minimum atomic E-state index is 0.298. The van der Waals surface area contributed by atoms with Crippen LogP contribution in [0.1, 0.15) is 11.1 Å². The van der Waals surface area contributed by atoms with E-state index in [0.717, 1.165) is 57.2 Å². The summed E-state index contributed by atoms with van der Waals surface area (Å²) in [7, 11) is 3.38. The zero-order valence-corrected chi connectivity index (χ0v) is 15.9. The quantitative estimate of drug-likeness (QED) is 0.528. The number of nitrogens with one attached hydrogen (secondary N) is 1. The fourth-order valence-corrected chi connectivity index (χ4v) is 3.35. The van der Waals surface area contributed by atoms with E-state index in [1.165, 1.54) is 0 Å². The highest BCUT2D eigenvalue weighted by Crippen LogP contribution is 2.35. The lowest BCUT2D eigenvalue weighted by Gasteiger charge is -2.13. The highest BCUT2D eigenvalue weighted by molar-refractivity contribution is 14.1. The van der Waals surface area contributed by atoms with Crippen molar-refractivity contribution in [3.63, 3.8) is 0 Å². The third-order valence-corrected chi connectivity index (χ3v) is 4.76. The summed E-state index contributed by atoms with van der Waals surface area (Å²) in [6.45, 7) is 1.85. The number of benzene rings is 2. The smallest absolute Gasteiger partial charge is 0.231 e. The van der Waals surface area contributed by atoms with Crippen LogP contribution in [0.4, 0.5) is 0 Å². The van der Waals surface area contributed by atoms with Crippen LogP contribution in [-0.4, -0.2) is 27.6 Å². The predicted molar refractivity (Wildman–Crippen MR) is 100 cm³/mol. The molecule has 0 spiro atoms. The second-order valence-corrected chi connectivity index (χ2v) is 6.54. The molecule has 1 heterocycles. The molecule has 0 saturated carbocycles. The lowest BCUT2D eigenvalue weighted by atomic mass is 10.1. The Labute approximate surface area is 155 Å². The van der Waals surface area contributed by atoms with Gasteiger partial charge in [0.05, 0.1) is 17.8 Å². The maximum Gasteiger partial charge on any atom is 0.231 e. The summed E-state index contributed by atoms with van der Waals surface area (Å²) in [5, 5.41) is 3.45. The predicted octanol–water partition coefficient (Wildman–Crippen LogP) is 3.37. The number of fused-ring (bicyclic) bond motifs is 1. The Balaban J connectivity index is 1.60. The fraction of sp³-hybridized carbons (Fsp3) is 0.333. The average Bonchev–Trinajstić information content (AvgIpc) is 3.08. The van der Waals surface area contributed by atoms with Gasteiger partial charge in [0.15, 0.2) is 11.5 Å². The van der Waals surface area contributed by atoms with Gasteiger partial charge in [-0.15, -0.1) is 0 Å². The summed E-state index contributed by atoms with van der Waals surface area (Å²) in [5.74, 6) is 3.43. The van der Waals surface area contributed by atoms with Crippen LogP contribution >= 0.6 is 22.6 Å². The molecule has 2 aromatic carbocycles. The first kappa shape index (κ1) is 17.2. The Morgan fingerprint density at radius 3 is 2.71 bits per heavy atom. The van der Waals surface area contributed by atoms with Gasteiger partial charge in [0.1, 0.15) is 11.5 Å². The summed E-state index contributed by atoms with van der Waals surface area (Å²) < 4.78 is 22.8. The normalized spacial score (nSPS) is 12.3. The monoisotopic (exact) mass is 441 g/mol. The Morgan fingerprint density at radius 2 is 1.92 bits per heavy atom. The molecule has 3 rings (SSSR count). The summed E-state index contributed by atoms with van der Waals surface area (Å²) >= 11 is 2.25. The topological polar surface area (TPSA) is 49.0 Å². The second kappa shape index (κ2) is 7.94. The maximum atomic E-state index is 5.53. The molecular formula is C18H20INO4. The molecule has 1 N–H and O–H groups in total. The van der Waals surface area contributed by atoms with Gasteiger partial charge in [-0.3, -0.25) is 0 Å². The molecular weight excluding hydrogens is 421 g/mol. The first-order valence-corrected chi connectivity index (χ1v) is 8.79. The number of halogens is 1. The van der Waals surface area contributed by atoms with Crippen LogP contribution in [0.3, 0.4) is 0 Å². The van der Waals surface area contributed by atoms with Crippen LogP contribution in [0.15, 0.2) is 30.3 Å². The standard InChI is InChI=1S/C18H20INO4/c1-21-16-9-14(19)17(22-2)8-12(16)6-7-20-10-13-4-3-5-15-18(13)24-11-23-15/h3-5,8-9,20H,6-7,10-11H2,1-2H3. The van der Waals surface area contributed by atoms with E-state index in [-0.39, 0.29) is 0 Å². The molecule has 24 heavy (non-hydrogen) atoms. The van der Waals surface area contributed by atoms with Crippen molar-refractivity contribution in [2.45, 2.75) is 13.0 Å². The summed E-state index contributed by atoms with van der Waals surface area (Å²) in [6.07, 6.45) is 0.850. The van der Waals surface area contributed by atoms with Gasteiger partial charge in [-0.1, -0.05) is 12.1 Å². The van der Waals surface area contributed by atoms with Crippen molar-refractivity contribution < 1.29 is 18.9 Å². The van der Waals surface area contributed by atoms with E-state index in [1.807, 2.05) is 24.3 Å². The third kappa shape index (κ3) is 3.70. The molecule has 128 valence electrons. The van der Waals surface area contributed by atoms with Gasteiger partial charge < -0.3 is 24.3 Å². The van der Waals surface area contributed by atoms with Crippen molar-refractivity contribution in [1.29, 1.82) is 0 Å². The van der Waals surface area contributed by atoms with Gasteiger partial charge >= 0.3 is 0 Å². The molecule has 0 aliphatic carbocycles. The Bertz CT molecular complexity index is 720. The van der Waals surface area contributed by atoms with Gasteiger partial charge in [0.25, 0.3) is 0 Å². The van der Waals surface area contributed by atoms with Crippen molar-refractivity contribution in [1.82, 2.24) is 5.32 Å². The van der Waals surface area contributed by atoms with E-state index in [4.69, 9.17) is 18.9 Å². The van der Waals surface area contributed by atoms with Crippen molar-refractivity contribution >= 4 is 22.6 Å². The molecule has 0 fully saturated rings. The highest BCUT2D eigenvalue weighted by atomic mass is 127. The van der Waals surface area contributed by atoms with Crippen molar-refractivity contribution in [3.05, 3.63) is 45.0 Å². The average molecular weight is 441 g/mol. The molecule has 1 aliphatic rings. The minimum Gasteiger partial charge on any atom is -0.496 e. The maximum absolute atomic E-state index is 5.53. The van der Waals surface area contributed by atoms with Crippen molar-refractivity contribution in [2.75, 3.05) is 27.6 Å². The summed E-state index contributed by atoms with van der Waals surface area (Å²) in [5.41, 5.74) is 2.23. The number of methoxy groups -OCH3 is 2. The molecule has 6 heteroatoms. The first-order valence-electron chi connectivity index (χ1n) is 7.71. The Hall–Kier alpha value is -1.67. The van der Waals surface area contributed by atoms with Crippen LogP contribution in [0, 0.1) is 3.57 Å². The van der Waals surface area contributed by atoms with Gasteiger partial charge in [0, 0.05) is 12.1 Å². The van der Waals surface area contributed by atoms with Gasteiger partial charge in [-0.2, -0.15) is 0 Å². The molecule has 0 radical (unpaired) electrons. The molecule has 0 amide bonds. The third-order valence-electron chi connectivity index (χ3n) is 3.92. The molecule has 5 nitrogen and oxygen atoms in total. The SMILES string of the molecule is COc1cc(CCNCc2cccc3c2OCO3)c(OC)cc1I. The first-order chi connectivity index (χ1) is 11.7. The second-order valence-electron chi connectivity index (χ2n) is 5.38. The molecule has 2 aromatic rings. The number of hydrogen-bond donors (Lipinski definition) is 1. The molecule has 0 unspecified atom stereocenters.